The van der Waals surface area contributed by atoms with Crippen molar-refractivity contribution in [1.29, 1.82) is 0 Å². The average molecular weight is 287 g/mol. The molecule has 1 aromatic heterocycles. The highest BCUT2D eigenvalue weighted by Crippen LogP contribution is 2.19. The third kappa shape index (κ3) is 3.37. The summed E-state index contributed by atoms with van der Waals surface area (Å²) in [5.41, 5.74) is 0.986. The van der Waals surface area contributed by atoms with Gasteiger partial charge in [0.05, 0.1) is 11.6 Å². The van der Waals surface area contributed by atoms with Gasteiger partial charge in [0, 0.05) is 13.2 Å². The van der Waals surface area contributed by atoms with Gasteiger partial charge in [-0.2, -0.15) is 0 Å². The highest BCUT2D eigenvalue weighted by molar-refractivity contribution is 5.95. The van der Waals surface area contributed by atoms with Crippen molar-refractivity contribution in [2.45, 2.75) is 19.4 Å². The van der Waals surface area contributed by atoms with Gasteiger partial charge in [0.15, 0.2) is 11.6 Å². The third-order valence-corrected chi connectivity index (χ3v) is 3.29. The Labute approximate surface area is 123 Å². The number of anilines is 1. The Morgan fingerprint density at radius 3 is 2.62 bits per heavy atom. The average Bonchev–Trinajstić information content (AvgIpc) is 2.53. The number of nitrogens with zero attached hydrogens (tertiary/aromatic N) is 1. The number of benzene rings is 1. The van der Waals surface area contributed by atoms with E-state index in [-0.39, 0.29) is 17.4 Å². The van der Waals surface area contributed by atoms with Gasteiger partial charge in [-0.3, -0.25) is 4.79 Å². The summed E-state index contributed by atoms with van der Waals surface area (Å²) in [6, 6.07) is 10.9. The summed E-state index contributed by atoms with van der Waals surface area (Å²) in [6.45, 7) is 1.97. The second kappa shape index (κ2) is 6.83. The molecule has 5 heteroatoms. The minimum atomic E-state index is -0.639. The second-order valence-corrected chi connectivity index (χ2v) is 4.62. The lowest BCUT2D eigenvalue weighted by atomic mass is 10.0. The highest BCUT2D eigenvalue weighted by Gasteiger charge is 2.19. The molecule has 2 N–H and O–H groups in total. The van der Waals surface area contributed by atoms with Crippen molar-refractivity contribution in [3.05, 3.63) is 59.5 Å². The largest absolute Gasteiger partial charge is 0.371 e. The number of hydrogen-bond acceptors (Lipinski definition) is 3. The lowest BCUT2D eigenvalue weighted by Gasteiger charge is -2.18. The van der Waals surface area contributed by atoms with Gasteiger partial charge in [-0.05, 0) is 18.1 Å². The Morgan fingerprint density at radius 1 is 1.29 bits per heavy atom. The van der Waals surface area contributed by atoms with E-state index >= 15 is 0 Å². The Morgan fingerprint density at radius 2 is 2.00 bits per heavy atom. The first-order valence-electron chi connectivity index (χ1n) is 6.85. The number of halogens is 1. The van der Waals surface area contributed by atoms with Crippen LogP contribution in [0.25, 0.3) is 0 Å². The van der Waals surface area contributed by atoms with Crippen LogP contribution in [0.5, 0.6) is 0 Å². The monoisotopic (exact) mass is 287 g/mol. The summed E-state index contributed by atoms with van der Waals surface area (Å²) in [7, 11) is 1.56. The molecule has 0 aliphatic rings. The number of pyridine rings is 1. The topological polar surface area (TPSA) is 54.0 Å². The van der Waals surface area contributed by atoms with Crippen LogP contribution in [-0.4, -0.2) is 17.9 Å². The predicted octanol–water partition coefficient (Wildman–Crippen LogP) is 3.14. The van der Waals surface area contributed by atoms with Crippen LogP contribution in [0.1, 0.15) is 35.3 Å². The fraction of sp³-hybridized carbons (Fsp3) is 0.250. The third-order valence-electron chi connectivity index (χ3n) is 3.29. The van der Waals surface area contributed by atoms with Gasteiger partial charge in [0.2, 0.25) is 0 Å². The Kier molecular flexibility index (Phi) is 4.87. The summed E-state index contributed by atoms with van der Waals surface area (Å²) in [6.07, 6.45) is 2.13. The van der Waals surface area contributed by atoms with Crippen molar-refractivity contribution >= 4 is 11.7 Å². The first kappa shape index (κ1) is 15.0. The fourth-order valence-electron chi connectivity index (χ4n) is 2.14. The van der Waals surface area contributed by atoms with Gasteiger partial charge in [0.1, 0.15) is 0 Å². The first-order valence-corrected chi connectivity index (χ1v) is 6.85. The molecule has 0 saturated carbocycles. The van der Waals surface area contributed by atoms with Crippen LogP contribution >= 0.6 is 0 Å². The molecule has 2 aromatic rings. The standard InChI is InChI=1S/C16H18FN3O/c1-3-13(11-7-5-4-6-8-11)20-16(21)12-9-10-19-15(18-2)14(12)17/h4-10,13H,3H2,1-2H3,(H,18,19)(H,20,21). The van der Waals surface area contributed by atoms with Crippen molar-refractivity contribution in [1.82, 2.24) is 10.3 Å². The SMILES string of the molecule is CCC(NC(=O)c1ccnc(NC)c1F)c1ccccc1. The number of carbonyl (C=O) groups excluding carboxylic acids is 1. The maximum atomic E-state index is 14.1. The number of carbonyl (C=O) groups is 1. The Bertz CT molecular complexity index is 616. The van der Waals surface area contributed by atoms with Crippen LogP contribution < -0.4 is 10.6 Å². The molecular formula is C16H18FN3O. The van der Waals surface area contributed by atoms with Crippen molar-refractivity contribution in [2.75, 3.05) is 12.4 Å². The van der Waals surface area contributed by atoms with Crippen LogP contribution in [0.3, 0.4) is 0 Å². The molecule has 1 heterocycles. The zero-order valence-corrected chi connectivity index (χ0v) is 12.1. The van der Waals surface area contributed by atoms with E-state index in [1.165, 1.54) is 12.3 Å². The van der Waals surface area contributed by atoms with E-state index in [2.05, 4.69) is 15.6 Å². The second-order valence-electron chi connectivity index (χ2n) is 4.62. The molecule has 0 fully saturated rings. The molecule has 110 valence electrons. The van der Waals surface area contributed by atoms with Crippen molar-refractivity contribution in [3.63, 3.8) is 0 Å². The summed E-state index contributed by atoms with van der Waals surface area (Å²) < 4.78 is 14.1. The maximum absolute atomic E-state index is 14.1. The smallest absolute Gasteiger partial charge is 0.254 e. The maximum Gasteiger partial charge on any atom is 0.254 e. The molecule has 0 saturated heterocycles. The molecule has 4 nitrogen and oxygen atoms in total. The zero-order chi connectivity index (χ0) is 15.2. The van der Waals surface area contributed by atoms with Crippen LogP contribution in [-0.2, 0) is 0 Å². The Hall–Kier alpha value is -2.43. The van der Waals surface area contributed by atoms with E-state index in [0.717, 1.165) is 12.0 Å². The van der Waals surface area contributed by atoms with Crippen LogP contribution in [0, 0.1) is 5.82 Å². The van der Waals surface area contributed by atoms with Crippen LogP contribution in [0.2, 0.25) is 0 Å². The minimum absolute atomic E-state index is 0.0104. The van der Waals surface area contributed by atoms with E-state index < -0.39 is 11.7 Å². The number of hydrogen-bond donors (Lipinski definition) is 2. The Balaban J connectivity index is 2.21. The van der Waals surface area contributed by atoms with Gasteiger partial charge >= 0.3 is 0 Å². The van der Waals surface area contributed by atoms with E-state index in [9.17, 15) is 9.18 Å². The molecule has 0 radical (unpaired) electrons. The zero-order valence-electron chi connectivity index (χ0n) is 12.1. The molecule has 0 aliphatic carbocycles. The van der Waals surface area contributed by atoms with Gasteiger partial charge in [-0.25, -0.2) is 9.37 Å². The molecule has 21 heavy (non-hydrogen) atoms. The lowest BCUT2D eigenvalue weighted by Crippen LogP contribution is -2.29. The van der Waals surface area contributed by atoms with Crippen molar-refractivity contribution < 1.29 is 9.18 Å². The van der Waals surface area contributed by atoms with Crippen LogP contribution in [0.15, 0.2) is 42.6 Å². The summed E-state index contributed by atoms with van der Waals surface area (Å²) in [5, 5.41) is 5.48. The van der Waals surface area contributed by atoms with Gasteiger partial charge in [-0.15, -0.1) is 0 Å². The van der Waals surface area contributed by atoms with Gasteiger partial charge in [0.25, 0.3) is 5.91 Å². The lowest BCUT2D eigenvalue weighted by molar-refractivity contribution is 0.0931. The fourth-order valence-corrected chi connectivity index (χ4v) is 2.14. The number of aromatic nitrogens is 1. The highest BCUT2D eigenvalue weighted by atomic mass is 19.1. The summed E-state index contributed by atoms with van der Waals surface area (Å²) in [4.78, 5) is 16.1. The quantitative estimate of drug-likeness (QED) is 0.888. The molecule has 0 aliphatic heterocycles. The molecule has 1 amide bonds. The van der Waals surface area contributed by atoms with E-state index in [1.807, 2.05) is 37.3 Å². The van der Waals surface area contributed by atoms with Gasteiger partial charge in [-0.1, -0.05) is 37.3 Å². The first-order chi connectivity index (χ1) is 10.2. The van der Waals surface area contributed by atoms with E-state index in [0.29, 0.717) is 0 Å². The van der Waals surface area contributed by atoms with Gasteiger partial charge < -0.3 is 10.6 Å². The molecule has 1 aromatic carbocycles. The van der Waals surface area contributed by atoms with E-state index in [4.69, 9.17) is 0 Å². The number of nitrogens with one attached hydrogen (secondary N) is 2. The van der Waals surface area contributed by atoms with Crippen molar-refractivity contribution in [2.24, 2.45) is 0 Å². The number of rotatable bonds is 5. The van der Waals surface area contributed by atoms with E-state index in [1.54, 1.807) is 7.05 Å². The molecule has 0 bridgehead atoms. The minimum Gasteiger partial charge on any atom is -0.371 e. The van der Waals surface area contributed by atoms with Crippen molar-refractivity contribution in [3.8, 4) is 0 Å². The molecule has 2 rings (SSSR count). The number of amides is 1. The molecule has 1 unspecified atom stereocenters. The summed E-state index contributed by atoms with van der Waals surface area (Å²) >= 11 is 0. The molecule has 0 spiro atoms. The van der Waals surface area contributed by atoms with Crippen LogP contribution in [0.4, 0.5) is 10.2 Å². The summed E-state index contributed by atoms with van der Waals surface area (Å²) in [5.74, 6) is -1.02. The molecule has 1 atom stereocenters. The normalized spacial score (nSPS) is 11.8. The molecular weight excluding hydrogens is 269 g/mol. The predicted molar refractivity (Wildman–Crippen MR) is 80.7 cm³/mol.